The van der Waals surface area contributed by atoms with Crippen molar-refractivity contribution >= 4 is 5.97 Å². The minimum Gasteiger partial charge on any atom is -0.480 e. The lowest BCUT2D eigenvalue weighted by atomic mass is 10.1. The molecule has 0 bridgehead atoms. The van der Waals surface area contributed by atoms with Crippen molar-refractivity contribution in [1.29, 1.82) is 0 Å². The van der Waals surface area contributed by atoms with Crippen LogP contribution in [-0.4, -0.2) is 27.3 Å². The number of aliphatic carboxylic acids is 1. The fourth-order valence-corrected chi connectivity index (χ4v) is 1.95. The lowest BCUT2D eigenvalue weighted by Gasteiger charge is -2.16. The van der Waals surface area contributed by atoms with E-state index in [4.69, 9.17) is 9.63 Å². The molecule has 0 aliphatic carbocycles. The Morgan fingerprint density at radius 3 is 2.57 bits per heavy atom. The molecular weight excluding hydrogens is 270 g/mol. The fourth-order valence-electron chi connectivity index (χ4n) is 1.95. The van der Waals surface area contributed by atoms with Gasteiger partial charge in [-0.2, -0.15) is 4.98 Å². The normalized spacial score (nSPS) is 12.6. The summed E-state index contributed by atoms with van der Waals surface area (Å²) in [6.07, 6.45) is 0. The molecule has 1 heterocycles. The van der Waals surface area contributed by atoms with E-state index in [0.29, 0.717) is 11.7 Å². The quantitative estimate of drug-likeness (QED) is 0.848. The van der Waals surface area contributed by atoms with E-state index in [-0.39, 0.29) is 12.5 Å². The van der Waals surface area contributed by atoms with Gasteiger partial charge in [-0.15, -0.1) is 0 Å². The maximum Gasteiger partial charge on any atom is 0.320 e. The number of aromatic nitrogens is 2. The Balaban J connectivity index is 2.03. The molecule has 6 nitrogen and oxygen atoms in total. The van der Waals surface area contributed by atoms with Gasteiger partial charge in [-0.05, 0) is 25.0 Å². The molecule has 2 N–H and O–H groups in total. The van der Waals surface area contributed by atoms with E-state index in [1.807, 2.05) is 45.0 Å². The summed E-state index contributed by atoms with van der Waals surface area (Å²) in [5.74, 6) is -0.0288. The van der Waals surface area contributed by atoms with Crippen LogP contribution in [0.3, 0.4) is 0 Å². The van der Waals surface area contributed by atoms with Crippen LogP contribution in [0.4, 0.5) is 0 Å². The number of aryl methyl sites for hydroxylation is 1. The number of nitrogens with zero attached hydrogens (tertiary/aromatic N) is 2. The molecule has 0 saturated carbocycles. The largest absolute Gasteiger partial charge is 0.480 e. The zero-order valence-electron chi connectivity index (χ0n) is 12.3. The maximum absolute atomic E-state index is 11.1. The highest BCUT2D eigenvalue weighted by Gasteiger charge is 2.21. The van der Waals surface area contributed by atoms with Crippen LogP contribution < -0.4 is 5.32 Å². The molecule has 1 aromatic carbocycles. The fraction of sp³-hybridized carbons (Fsp3) is 0.400. The Morgan fingerprint density at radius 2 is 2.00 bits per heavy atom. The molecule has 1 atom stereocenters. The van der Waals surface area contributed by atoms with Gasteiger partial charge in [0.05, 0.1) is 6.54 Å². The summed E-state index contributed by atoms with van der Waals surface area (Å²) < 4.78 is 5.20. The number of benzene rings is 1. The van der Waals surface area contributed by atoms with Gasteiger partial charge in [0.25, 0.3) is 5.89 Å². The van der Waals surface area contributed by atoms with Crippen LogP contribution in [0.15, 0.2) is 28.8 Å². The Bertz CT molecular complexity index is 605. The summed E-state index contributed by atoms with van der Waals surface area (Å²) in [6.45, 7) is 5.95. The Morgan fingerprint density at radius 1 is 1.33 bits per heavy atom. The number of hydrogen-bond acceptors (Lipinski definition) is 5. The Labute approximate surface area is 123 Å². The molecule has 0 spiro atoms. The molecule has 0 saturated heterocycles. The number of rotatable bonds is 6. The van der Waals surface area contributed by atoms with Crippen LogP contribution in [0.2, 0.25) is 0 Å². The van der Waals surface area contributed by atoms with Crippen molar-refractivity contribution in [2.45, 2.75) is 33.4 Å². The molecule has 1 unspecified atom stereocenters. The average molecular weight is 289 g/mol. The number of nitrogens with one attached hydrogen (secondary N) is 1. The number of hydrogen-bond donors (Lipinski definition) is 2. The smallest absolute Gasteiger partial charge is 0.320 e. The zero-order valence-corrected chi connectivity index (χ0v) is 12.3. The van der Waals surface area contributed by atoms with Gasteiger partial charge in [-0.25, -0.2) is 0 Å². The molecule has 112 valence electrons. The lowest BCUT2D eigenvalue weighted by Crippen LogP contribution is -2.40. The SMILES string of the molecule is Cc1ccc(-c2nc(CNC(C(=O)O)C(C)C)no2)cc1. The predicted molar refractivity (Wildman–Crippen MR) is 77.6 cm³/mol. The van der Waals surface area contributed by atoms with Crippen molar-refractivity contribution in [2.24, 2.45) is 5.92 Å². The molecular formula is C15H19N3O3. The summed E-state index contributed by atoms with van der Waals surface area (Å²) in [6, 6.07) is 7.13. The summed E-state index contributed by atoms with van der Waals surface area (Å²) in [7, 11) is 0. The van der Waals surface area contributed by atoms with E-state index < -0.39 is 12.0 Å². The van der Waals surface area contributed by atoms with Crippen molar-refractivity contribution in [3.05, 3.63) is 35.7 Å². The van der Waals surface area contributed by atoms with Crippen LogP contribution in [0.25, 0.3) is 11.5 Å². The van der Waals surface area contributed by atoms with Gasteiger partial charge in [0.2, 0.25) is 0 Å². The minimum atomic E-state index is -0.882. The second-order valence-electron chi connectivity index (χ2n) is 5.32. The first-order valence-electron chi connectivity index (χ1n) is 6.83. The second-order valence-corrected chi connectivity index (χ2v) is 5.32. The van der Waals surface area contributed by atoms with Crippen molar-refractivity contribution < 1.29 is 14.4 Å². The van der Waals surface area contributed by atoms with Crippen LogP contribution in [-0.2, 0) is 11.3 Å². The third-order valence-corrected chi connectivity index (χ3v) is 3.18. The molecule has 0 aliphatic rings. The third-order valence-electron chi connectivity index (χ3n) is 3.18. The van der Waals surface area contributed by atoms with E-state index in [9.17, 15) is 4.79 Å². The van der Waals surface area contributed by atoms with Gasteiger partial charge in [0, 0.05) is 5.56 Å². The molecule has 2 aromatic rings. The van der Waals surface area contributed by atoms with E-state index in [2.05, 4.69) is 15.5 Å². The molecule has 21 heavy (non-hydrogen) atoms. The molecule has 0 fully saturated rings. The van der Waals surface area contributed by atoms with Crippen molar-refractivity contribution in [3.63, 3.8) is 0 Å². The average Bonchev–Trinajstić information content (AvgIpc) is 2.87. The Hall–Kier alpha value is -2.21. The van der Waals surface area contributed by atoms with Crippen molar-refractivity contribution in [2.75, 3.05) is 0 Å². The summed E-state index contributed by atoms with van der Waals surface area (Å²) >= 11 is 0. The second kappa shape index (κ2) is 6.49. The van der Waals surface area contributed by atoms with Gasteiger partial charge >= 0.3 is 5.97 Å². The van der Waals surface area contributed by atoms with Crippen LogP contribution in [0.1, 0.15) is 25.2 Å². The highest BCUT2D eigenvalue weighted by molar-refractivity contribution is 5.73. The van der Waals surface area contributed by atoms with Gasteiger partial charge in [0.15, 0.2) is 5.82 Å². The lowest BCUT2D eigenvalue weighted by molar-refractivity contribution is -0.140. The van der Waals surface area contributed by atoms with Crippen LogP contribution >= 0.6 is 0 Å². The monoisotopic (exact) mass is 289 g/mol. The molecule has 2 rings (SSSR count). The standard InChI is InChI=1S/C15H19N3O3/c1-9(2)13(15(19)20)16-8-12-17-14(21-18-12)11-6-4-10(3)5-7-11/h4-7,9,13,16H,8H2,1-3H3,(H,19,20). The molecule has 0 aliphatic heterocycles. The molecule has 1 aromatic heterocycles. The van der Waals surface area contributed by atoms with Crippen LogP contribution in [0, 0.1) is 12.8 Å². The zero-order chi connectivity index (χ0) is 15.4. The van der Waals surface area contributed by atoms with Crippen molar-refractivity contribution in [3.8, 4) is 11.5 Å². The van der Waals surface area contributed by atoms with Gasteiger partial charge in [0.1, 0.15) is 6.04 Å². The van der Waals surface area contributed by atoms with Gasteiger partial charge in [-0.3, -0.25) is 10.1 Å². The highest BCUT2D eigenvalue weighted by atomic mass is 16.5. The maximum atomic E-state index is 11.1. The van der Waals surface area contributed by atoms with Crippen molar-refractivity contribution in [1.82, 2.24) is 15.5 Å². The van der Waals surface area contributed by atoms with E-state index >= 15 is 0 Å². The topological polar surface area (TPSA) is 88.2 Å². The van der Waals surface area contributed by atoms with E-state index in [0.717, 1.165) is 11.1 Å². The first-order valence-corrected chi connectivity index (χ1v) is 6.83. The molecule has 0 radical (unpaired) electrons. The van der Waals surface area contributed by atoms with Gasteiger partial charge < -0.3 is 9.63 Å². The summed E-state index contributed by atoms with van der Waals surface area (Å²) in [5, 5.41) is 15.9. The predicted octanol–water partition coefficient (Wildman–Crippen LogP) is 2.24. The summed E-state index contributed by atoms with van der Waals surface area (Å²) in [4.78, 5) is 15.4. The number of carboxylic acids is 1. The van der Waals surface area contributed by atoms with Crippen LogP contribution in [0.5, 0.6) is 0 Å². The first kappa shape index (κ1) is 15.2. The Kier molecular flexibility index (Phi) is 4.70. The van der Waals surface area contributed by atoms with Gasteiger partial charge in [-0.1, -0.05) is 36.7 Å². The number of carbonyl (C=O) groups is 1. The third kappa shape index (κ3) is 3.88. The van der Waals surface area contributed by atoms with E-state index in [1.165, 1.54) is 0 Å². The van der Waals surface area contributed by atoms with E-state index in [1.54, 1.807) is 0 Å². The summed E-state index contributed by atoms with van der Waals surface area (Å²) in [5.41, 5.74) is 2.00. The minimum absolute atomic E-state index is 0.0223. The number of carboxylic acid groups (broad SMARTS) is 1. The molecule has 0 amide bonds. The molecule has 6 heteroatoms. The first-order chi connectivity index (χ1) is 9.97. The highest BCUT2D eigenvalue weighted by Crippen LogP contribution is 2.17.